The molecule has 0 aliphatic carbocycles. The highest BCUT2D eigenvalue weighted by Gasteiger charge is 2.44. The topological polar surface area (TPSA) is 95.5 Å². The van der Waals surface area contributed by atoms with Crippen molar-refractivity contribution in [3.63, 3.8) is 0 Å². The largest absolute Gasteiger partial charge is 0.471 e. The minimum atomic E-state index is -5.00. The summed E-state index contributed by atoms with van der Waals surface area (Å²) in [6.07, 6.45) is -0.129. The summed E-state index contributed by atoms with van der Waals surface area (Å²) in [5.41, 5.74) is 2.18. The van der Waals surface area contributed by atoms with E-state index in [-0.39, 0.29) is 23.5 Å². The van der Waals surface area contributed by atoms with E-state index in [4.69, 9.17) is 0 Å². The molecule has 8 nitrogen and oxygen atoms in total. The van der Waals surface area contributed by atoms with E-state index in [1.165, 1.54) is 31.0 Å². The number of aromatic nitrogens is 2. The predicted octanol–water partition coefficient (Wildman–Crippen LogP) is 4.78. The van der Waals surface area contributed by atoms with Crippen molar-refractivity contribution >= 4 is 33.1 Å². The van der Waals surface area contributed by atoms with E-state index < -0.39 is 22.1 Å². The third-order valence-electron chi connectivity index (χ3n) is 6.76. The number of sulfonamides is 1. The van der Waals surface area contributed by atoms with Gasteiger partial charge in [-0.25, -0.2) is 8.42 Å². The third kappa shape index (κ3) is 5.45. The van der Waals surface area contributed by atoms with Gasteiger partial charge in [-0.15, -0.1) is 10.2 Å². The van der Waals surface area contributed by atoms with Crippen LogP contribution in [0.3, 0.4) is 0 Å². The third-order valence-corrected chi connectivity index (χ3v) is 8.14. The summed E-state index contributed by atoms with van der Waals surface area (Å²) in [4.78, 5) is 14.4. The maximum atomic E-state index is 12.9. The fraction of sp³-hybridized carbons (Fsp3) is 0.346. The van der Waals surface area contributed by atoms with Gasteiger partial charge in [0.2, 0.25) is 0 Å². The molecule has 1 fully saturated rings. The summed E-state index contributed by atoms with van der Waals surface area (Å²) in [6.45, 7) is 1.78. The maximum absolute atomic E-state index is 12.9. The van der Waals surface area contributed by atoms with E-state index in [0.29, 0.717) is 21.8 Å². The summed E-state index contributed by atoms with van der Waals surface area (Å²) in [5.74, 6) is -1.12. The van der Waals surface area contributed by atoms with Crippen LogP contribution >= 0.6 is 0 Å². The number of halogens is 3. The number of alkyl halides is 3. The molecule has 38 heavy (non-hydrogen) atoms. The van der Waals surface area contributed by atoms with Crippen molar-refractivity contribution in [2.75, 3.05) is 34.2 Å². The Morgan fingerprint density at radius 3 is 2.21 bits per heavy atom. The standard InChI is InChI=1S/C26H26F3N5O3S/c27-26(28,29)25(35)34-16-13-19-17-21(9-11-23(19)34)38(36,37)32-20-7-5-18(6-8-20)22-10-12-24(31-30-22)33-14-3-1-2-4-15-33/h5-12,17,32H,1-4,13-16H2. The van der Waals surface area contributed by atoms with Crippen molar-refractivity contribution in [3.05, 3.63) is 60.2 Å². The lowest BCUT2D eigenvalue weighted by Crippen LogP contribution is -2.40. The van der Waals surface area contributed by atoms with Gasteiger partial charge in [0.1, 0.15) is 0 Å². The highest BCUT2D eigenvalue weighted by atomic mass is 32.2. The van der Waals surface area contributed by atoms with Crippen LogP contribution < -0.4 is 14.5 Å². The SMILES string of the molecule is O=C(N1CCc2cc(S(=O)(=O)Nc3ccc(-c4ccc(N5CCCCCC5)nn4)cc3)ccc21)C(F)(F)F. The molecule has 0 unspecified atom stereocenters. The Hall–Kier alpha value is -3.67. The van der Waals surface area contributed by atoms with E-state index in [1.54, 1.807) is 24.3 Å². The van der Waals surface area contributed by atoms with Gasteiger partial charge in [-0.2, -0.15) is 13.2 Å². The quantitative estimate of drug-likeness (QED) is 0.496. The molecule has 12 heteroatoms. The molecule has 0 saturated carbocycles. The number of carbonyl (C=O) groups is 1. The van der Waals surface area contributed by atoms with Gasteiger partial charge >= 0.3 is 12.1 Å². The molecule has 3 heterocycles. The first kappa shape index (κ1) is 26.0. The van der Waals surface area contributed by atoms with Crippen molar-refractivity contribution in [1.29, 1.82) is 0 Å². The first-order valence-electron chi connectivity index (χ1n) is 12.4. The minimum Gasteiger partial charge on any atom is -0.355 e. The number of amides is 1. The summed E-state index contributed by atoms with van der Waals surface area (Å²) in [7, 11) is -4.01. The second-order valence-corrected chi connectivity index (χ2v) is 11.0. The Labute approximate surface area is 218 Å². The minimum absolute atomic E-state index is 0.0681. The smallest absolute Gasteiger partial charge is 0.355 e. The molecule has 2 aromatic carbocycles. The summed E-state index contributed by atoms with van der Waals surface area (Å²) in [6, 6.07) is 14.2. The Balaban J connectivity index is 1.27. The van der Waals surface area contributed by atoms with E-state index in [9.17, 15) is 26.4 Å². The highest BCUT2D eigenvalue weighted by Crippen LogP contribution is 2.34. The van der Waals surface area contributed by atoms with Crippen LogP contribution in [0.15, 0.2) is 59.5 Å². The van der Waals surface area contributed by atoms with Gasteiger partial charge in [-0.05, 0) is 67.3 Å². The van der Waals surface area contributed by atoms with Gasteiger partial charge < -0.3 is 9.80 Å². The Bertz CT molecular complexity index is 1420. The molecule has 0 spiro atoms. The number of anilines is 3. The molecule has 1 saturated heterocycles. The summed E-state index contributed by atoms with van der Waals surface area (Å²) >= 11 is 0. The zero-order valence-corrected chi connectivity index (χ0v) is 21.2. The number of nitrogens with zero attached hydrogens (tertiary/aromatic N) is 4. The fourth-order valence-corrected chi connectivity index (χ4v) is 5.89. The molecule has 1 N–H and O–H groups in total. The number of fused-ring (bicyclic) bond motifs is 1. The van der Waals surface area contributed by atoms with Crippen LogP contribution in [-0.2, 0) is 21.2 Å². The lowest BCUT2D eigenvalue weighted by Gasteiger charge is -2.20. The second-order valence-electron chi connectivity index (χ2n) is 9.36. The lowest BCUT2D eigenvalue weighted by molar-refractivity contribution is -0.170. The highest BCUT2D eigenvalue weighted by molar-refractivity contribution is 7.92. The van der Waals surface area contributed by atoms with Crippen LogP contribution in [0.5, 0.6) is 0 Å². The van der Waals surface area contributed by atoms with Crippen molar-refractivity contribution in [1.82, 2.24) is 10.2 Å². The van der Waals surface area contributed by atoms with Gasteiger partial charge in [0.05, 0.1) is 10.6 Å². The molecule has 0 radical (unpaired) electrons. The first-order valence-corrected chi connectivity index (χ1v) is 13.8. The normalized spacial score (nSPS) is 16.2. The maximum Gasteiger partial charge on any atom is 0.471 e. The molecule has 5 rings (SSSR count). The molecule has 0 bridgehead atoms. The predicted molar refractivity (Wildman–Crippen MR) is 138 cm³/mol. The molecule has 2 aliphatic heterocycles. The van der Waals surface area contributed by atoms with Crippen LogP contribution in [0.25, 0.3) is 11.3 Å². The molecule has 1 amide bonds. The number of nitrogens with one attached hydrogen (secondary N) is 1. The van der Waals surface area contributed by atoms with Gasteiger partial charge in [-0.3, -0.25) is 9.52 Å². The summed E-state index contributed by atoms with van der Waals surface area (Å²) < 4.78 is 66.9. The average Bonchev–Trinajstić information content (AvgIpc) is 3.12. The number of carbonyl (C=O) groups excluding carboxylic acids is 1. The molecule has 0 atom stereocenters. The molecule has 3 aromatic rings. The lowest BCUT2D eigenvalue weighted by atomic mass is 10.1. The van der Waals surface area contributed by atoms with Crippen molar-refractivity contribution in [2.45, 2.75) is 43.2 Å². The summed E-state index contributed by atoms with van der Waals surface area (Å²) in [5, 5.41) is 8.72. The van der Waals surface area contributed by atoms with Crippen LogP contribution in [-0.4, -0.2) is 50.3 Å². The zero-order chi connectivity index (χ0) is 26.9. The van der Waals surface area contributed by atoms with Crippen molar-refractivity contribution < 1.29 is 26.4 Å². The Kier molecular flexibility index (Phi) is 6.99. The number of rotatable bonds is 5. The van der Waals surface area contributed by atoms with E-state index in [1.807, 2.05) is 12.1 Å². The molecular weight excluding hydrogens is 519 g/mol. The molecule has 2 aliphatic rings. The van der Waals surface area contributed by atoms with E-state index >= 15 is 0 Å². The van der Waals surface area contributed by atoms with Crippen LogP contribution in [0, 0.1) is 0 Å². The van der Waals surface area contributed by atoms with Crippen LogP contribution in [0.1, 0.15) is 31.2 Å². The fourth-order valence-electron chi connectivity index (χ4n) is 4.78. The second kappa shape index (κ2) is 10.2. The average molecular weight is 546 g/mol. The first-order chi connectivity index (χ1) is 18.1. The van der Waals surface area contributed by atoms with Gasteiger partial charge in [0.15, 0.2) is 5.82 Å². The van der Waals surface area contributed by atoms with Gasteiger partial charge in [0.25, 0.3) is 10.0 Å². The molecule has 200 valence electrons. The van der Waals surface area contributed by atoms with Crippen LogP contribution in [0.2, 0.25) is 0 Å². The zero-order valence-electron chi connectivity index (χ0n) is 20.4. The van der Waals surface area contributed by atoms with Crippen LogP contribution in [0.4, 0.5) is 30.4 Å². The number of hydrogen-bond acceptors (Lipinski definition) is 6. The van der Waals surface area contributed by atoms with E-state index in [2.05, 4.69) is 19.8 Å². The number of benzene rings is 2. The molecule has 1 aromatic heterocycles. The van der Waals surface area contributed by atoms with Crippen molar-refractivity contribution in [3.8, 4) is 11.3 Å². The van der Waals surface area contributed by atoms with E-state index in [0.717, 1.165) is 37.3 Å². The number of hydrogen-bond donors (Lipinski definition) is 1. The van der Waals surface area contributed by atoms with Crippen molar-refractivity contribution in [2.24, 2.45) is 0 Å². The van der Waals surface area contributed by atoms with Gasteiger partial charge in [0, 0.05) is 36.6 Å². The Morgan fingerprint density at radius 1 is 0.868 bits per heavy atom. The molecular formula is C26H26F3N5O3S. The Morgan fingerprint density at radius 2 is 1.58 bits per heavy atom. The monoisotopic (exact) mass is 545 g/mol. The van der Waals surface area contributed by atoms with Gasteiger partial charge in [-0.1, -0.05) is 25.0 Å².